The molecule has 0 saturated carbocycles. The second-order valence-electron chi connectivity index (χ2n) is 4.53. The number of urea groups is 1. The van der Waals surface area contributed by atoms with Gasteiger partial charge in [0.1, 0.15) is 17.3 Å². The topological polar surface area (TPSA) is 152 Å². The molecule has 0 spiro atoms. The number of benzene rings is 1. The number of alkyl halides is 1. The van der Waals surface area contributed by atoms with Gasteiger partial charge in [-0.2, -0.15) is 4.98 Å². The van der Waals surface area contributed by atoms with Crippen molar-refractivity contribution < 1.29 is 22.7 Å². The van der Waals surface area contributed by atoms with Gasteiger partial charge < -0.3 is 9.47 Å². The Kier molecular flexibility index (Phi) is 6.36. The van der Waals surface area contributed by atoms with Crippen molar-refractivity contribution in [1.29, 1.82) is 0 Å². The summed E-state index contributed by atoms with van der Waals surface area (Å²) in [7, 11) is -3.04. The van der Waals surface area contributed by atoms with Gasteiger partial charge in [-0.3, -0.25) is 10.3 Å². The van der Waals surface area contributed by atoms with E-state index in [1.807, 2.05) is 0 Å². The molecule has 13 heteroatoms. The first kappa shape index (κ1) is 19.5. The number of methoxy groups -OCH3 is 1. The van der Waals surface area contributed by atoms with Crippen LogP contribution in [0.4, 0.5) is 10.7 Å². The van der Waals surface area contributed by atoms with Gasteiger partial charge in [-0.25, -0.2) is 22.7 Å². The van der Waals surface area contributed by atoms with Crippen LogP contribution < -0.4 is 25.2 Å². The molecule has 11 nitrogen and oxygen atoms in total. The Bertz CT molecular complexity index is 948. The molecule has 0 aliphatic heterocycles. The molecule has 26 heavy (non-hydrogen) atoms. The van der Waals surface area contributed by atoms with E-state index in [1.54, 1.807) is 10.8 Å². The number of sulfonamides is 1. The van der Waals surface area contributed by atoms with Gasteiger partial charge >= 0.3 is 17.7 Å². The van der Waals surface area contributed by atoms with E-state index in [1.165, 1.54) is 25.3 Å². The van der Waals surface area contributed by atoms with Crippen molar-refractivity contribution in [2.45, 2.75) is 4.90 Å². The summed E-state index contributed by atoms with van der Waals surface area (Å²) in [6, 6.07) is 4.26. The molecule has 0 aliphatic rings. The summed E-state index contributed by atoms with van der Waals surface area (Å²) in [6.45, 7) is 0.0856. The molecule has 1 heterocycles. The number of nitrogens with zero attached hydrogens (tertiary/aromatic N) is 2. The zero-order valence-corrected chi connectivity index (χ0v) is 14.9. The molecule has 0 fully saturated rings. The highest BCUT2D eigenvalue weighted by molar-refractivity contribution is 7.90. The van der Waals surface area contributed by atoms with Crippen LogP contribution in [0.3, 0.4) is 0 Å². The second kappa shape index (κ2) is 8.49. The summed E-state index contributed by atoms with van der Waals surface area (Å²) < 4.78 is 36.5. The van der Waals surface area contributed by atoms with Crippen molar-refractivity contribution in [2.24, 2.45) is 0 Å². The van der Waals surface area contributed by atoms with E-state index in [0.717, 1.165) is 0 Å². The van der Waals surface area contributed by atoms with Gasteiger partial charge in [-0.1, -0.05) is 12.1 Å². The van der Waals surface area contributed by atoms with E-state index in [0.29, 0.717) is 0 Å². The van der Waals surface area contributed by atoms with Crippen LogP contribution in [0.2, 0.25) is 0 Å². The monoisotopic (exact) mass is 403 g/mol. The van der Waals surface area contributed by atoms with E-state index < -0.39 is 21.7 Å². The SMILES string of the molecule is COc1nc(NC(=O)NS(=O)(=O)c2ccccc2OCCCl)[nH]c(=O)n1. The summed E-state index contributed by atoms with van der Waals surface area (Å²) in [5, 5.41) is 2.07. The van der Waals surface area contributed by atoms with Crippen LogP contribution in [0.15, 0.2) is 34.0 Å². The van der Waals surface area contributed by atoms with Gasteiger partial charge in [0.2, 0.25) is 5.95 Å². The highest BCUT2D eigenvalue weighted by Crippen LogP contribution is 2.23. The zero-order valence-electron chi connectivity index (χ0n) is 13.4. The van der Waals surface area contributed by atoms with Gasteiger partial charge in [0.15, 0.2) is 0 Å². The average Bonchev–Trinajstić information content (AvgIpc) is 2.59. The first-order valence-corrected chi connectivity index (χ1v) is 9.01. The quantitative estimate of drug-likeness (QED) is 0.558. The van der Waals surface area contributed by atoms with Gasteiger partial charge in [0.05, 0.1) is 13.0 Å². The third-order valence-corrected chi connectivity index (χ3v) is 4.27. The third kappa shape index (κ3) is 5.07. The lowest BCUT2D eigenvalue weighted by Gasteiger charge is -2.12. The number of para-hydroxylation sites is 1. The molecule has 0 unspecified atom stereocenters. The maximum Gasteiger partial charge on any atom is 0.352 e. The minimum Gasteiger partial charge on any atom is -0.491 e. The minimum absolute atomic E-state index is 0.0329. The summed E-state index contributed by atoms with van der Waals surface area (Å²) >= 11 is 5.52. The zero-order chi connectivity index (χ0) is 19.2. The number of halogens is 1. The summed E-state index contributed by atoms with van der Waals surface area (Å²) in [5.74, 6) is -0.155. The molecule has 2 amide bonds. The minimum atomic E-state index is -4.26. The molecule has 140 valence electrons. The molecule has 2 rings (SSSR count). The Balaban J connectivity index is 2.18. The second-order valence-corrected chi connectivity index (χ2v) is 6.56. The number of anilines is 1. The van der Waals surface area contributed by atoms with E-state index >= 15 is 0 Å². The van der Waals surface area contributed by atoms with Crippen LogP contribution in [-0.4, -0.2) is 49.0 Å². The van der Waals surface area contributed by atoms with Crippen molar-refractivity contribution in [2.75, 3.05) is 24.9 Å². The average molecular weight is 404 g/mol. The number of hydrogen-bond donors (Lipinski definition) is 3. The first-order valence-electron chi connectivity index (χ1n) is 6.99. The third-order valence-electron chi connectivity index (χ3n) is 2.74. The Morgan fingerprint density at radius 1 is 1.31 bits per heavy atom. The number of H-pyrrole nitrogens is 1. The number of aromatic nitrogens is 3. The van der Waals surface area contributed by atoms with Crippen LogP contribution >= 0.6 is 11.6 Å². The fraction of sp³-hybridized carbons (Fsp3) is 0.231. The summed E-state index contributed by atoms with van der Waals surface area (Å²) in [5.41, 5.74) is -0.838. The van der Waals surface area contributed by atoms with Crippen molar-refractivity contribution in [3.8, 4) is 11.8 Å². The van der Waals surface area contributed by atoms with Gasteiger partial charge in [0.25, 0.3) is 10.0 Å². The fourth-order valence-corrected chi connectivity index (χ4v) is 2.90. The number of aromatic amines is 1. The van der Waals surface area contributed by atoms with Gasteiger partial charge in [-0.05, 0) is 12.1 Å². The number of ether oxygens (including phenoxy) is 2. The predicted octanol–water partition coefficient (Wildman–Crippen LogP) is 0.301. The fourth-order valence-electron chi connectivity index (χ4n) is 1.77. The molecule has 1 aromatic carbocycles. The smallest absolute Gasteiger partial charge is 0.352 e. The van der Waals surface area contributed by atoms with Crippen molar-refractivity contribution >= 4 is 33.6 Å². The van der Waals surface area contributed by atoms with E-state index in [2.05, 4.69) is 25.0 Å². The van der Waals surface area contributed by atoms with Crippen LogP contribution in [-0.2, 0) is 10.0 Å². The summed E-state index contributed by atoms with van der Waals surface area (Å²) in [6.07, 6.45) is 0. The van der Waals surface area contributed by atoms with Gasteiger partial charge in [0, 0.05) is 0 Å². The van der Waals surface area contributed by atoms with E-state index in [4.69, 9.17) is 16.3 Å². The molecule has 0 aliphatic carbocycles. The number of carbonyl (C=O) groups is 1. The van der Waals surface area contributed by atoms with Crippen LogP contribution in [0.25, 0.3) is 0 Å². The van der Waals surface area contributed by atoms with Crippen molar-refractivity contribution in [3.63, 3.8) is 0 Å². The molecule has 0 atom stereocenters. The van der Waals surface area contributed by atoms with Crippen LogP contribution in [0.1, 0.15) is 0 Å². The highest BCUT2D eigenvalue weighted by atomic mass is 35.5. The molecular weight excluding hydrogens is 390 g/mol. The highest BCUT2D eigenvalue weighted by Gasteiger charge is 2.22. The number of rotatable bonds is 7. The number of nitrogens with one attached hydrogen (secondary N) is 3. The van der Waals surface area contributed by atoms with E-state index in [-0.39, 0.29) is 35.1 Å². The predicted molar refractivity (Wildman–Crippen MR) is 91.2 cm³/mol. The van der Waals surface area contributed by atoms with Gasteiger partial charge in [-0.15, -0.1) is 16.6 Å². The Morgan fingerprint density at radius 2 is 2.04 bits per heavy atom. The Hall–Kier alpha value is -2.86. The maximum absolute atomic E-state index is 12.4. The van der Waals surface area contributed by atoms with Crippen LogP contribution in [0, 0.1) is 0 Å². The lowest BCUT2D eigenvalue weighted by Crippen LogP contribution is -2.35. The molecular formula is C13H14ClN5O6S. The largest absolute Gasteiger partial charge is 0.491 e. The maximum atomic E-state index is 12.4. The molecule has 3 N–H and O–H groups in total. The first-order chi connectivity index (χ1) is 12.4. The lowest BCUT2D eigenvalue weighted by atomic mass is 10.3. The van der Waals surface area contributed by atoms with Crippen molar-refractivity contribution in [3.05, 3.63) is 34.7 Å². The molecule has 0 bridgehead atoms. The number of carbonyl (C=O) groups excluding carboxylic acids is 1. The Morgan fingerprint density at radius 3 is 2.73 bits per heavy atom. The Labute approximate surface area is 152 Å². The molecule has 2 aromatic rings. The molecule has 0 radical (unpaired) electrons. The lowest BCUT2D eigenvalue weighted by molar-refractivity contribution is 0.256. The summed E-state index contributed by atoms with van der Waals surface area (Å²) in [4.78, 5) is 32.1. The van der Waals surface area contributed by atoms with Crippen molar-refractivity contribution in [1.82, 2.24) is 19.7 Å². The number of hydrogen-bond acceptors (Lipinski definition) is 8. The van der Waals surface area contributed by atoms with E-state index in [9.17, 15) is 18.0 Å². The standard InChI is InChI=1S/C13H14ClN5O6S/c1-24-13-17-10(15-11(20)18-13)16-12(21)19-26(22,23)9-5-3-2-4-8(9)25-7-6-14/h2-5H,6-7H2,1H3,(H3,15,16,17,18,19,20,21). The normalized spacial score (nSPS) is 10.8. The van der Waals surface area contributed by atoms with Crippen LogP contribution in [0.5, 0.6) is 11.8 Å². The molecule has 1 aromatic heterocycles. The number of amides is 2. The molecule has 0 saturated heterocycles.